The summed E-state index contributed by atoms with van der Waals surface area (Å²) in [4.78, 5) is 22.3. The fourth-order valence-corrected chi connectivity index (χ4v) is 3.50. The van der Waals surface area contributed by atoms with Crippen LogP contribution in [0.3, 0.4) is 0 Å². The second-order valence-electron chi connectivity index (χ2n) is 5.48. The first-order valence-corrected chi connectivity index (χ1v) is 8.82. The van der Waals surface area contributed by atoms with E-state index in [1.165, 1.54) is 12.1 Å². The molecule has 2 rings (SSSR count). The van der Waals surface area contributed by atoms with Crippen LogP contribution in [0.4, 0.5) is 0 Å². The van der Waals surface area contributed by atoms with Gasteiger partial charge in [0.05, 0.1) is 10.5 Å². The largest absolute Gasteiger partial charge is 0.480 e. The molecule has 0 aliphatic heterocycles. The van der Waals surface area contributed by atoms with Gasteiger partial charge in [-0.15, -0.1) is 0 Å². The molecule has 0 spiro atoms. The van der Waals surface area contributed by atoms with Gasteiger partial charge in [0.2, 0.25) is 10.0 Å². The summed E-state index contributed by atoms with van der Waals surface area (Å²) in [7, 11) is -4.19. The number of aliphatic carboxylic acids is 1. The fourth-order valence-electron chi connectivity index (χ4n) is 2.28. The second-order valence-corrected chi connectivity index (χ2v) is 7.20. The fraction of sp³-hybridized carbons (Fsp3) is 0.176. The maximum atomic E-state index is 12.5. The van der Waals surface area contributed by atoms with Gasteiger partial charge in [0, 0.05) is 0 Å². The summed E-state index contributed by atoms with van der Waals surface area (Å²) < 4.78 is 27.0. The summed E-state index contributed by atoms with van der Waals surface area (Å²) in [6.45, 7) is 1.54. The average Bonchev–Trinajstić information content (AvgIpc) is 2.54. The highest BCUT2D eigenvalue weighted by atomic mass is 32.2. The molecule has 0 unspecified atom stereocenters. The van der Waals surface area contributed by atoms with Crippen molar-refractivity contribution >= 4 is 22.0 Å². The molecule has 0 bridgehead atoms. The lowest BCUT2D eigenvalue weighted by molar-refractivity contribution is -0.138. The zero-order chi connectivity index (χ0) is 18.6. The first kappa shape index (κ1) is 18.6. The van der Waals surface area contributed by atoms with Crippen LogP contribution in [0.25, 0.3) is 0 Å². The molecular weight excluding hydrogens is 346 g/mol. The lowest BCUT2D eigenvalue weighted by Crippen LogP contribution is -2.42. The molecule has 0 saturated carbocycles. The highest BCUT2D eigenvalue weighted by Gasteiger charge is 2.26. The smallest absolute Gasteiger partial charge is 0.335 e. The lowest BCUT2D eigenvalue weighted by atomic mass is 10.1. The number of hydrogen-bond acceptors (Lipinski definition) is 4. The Bertz CT molecular complexity index is 893. The molecule has 2 aromatic carbocycles. The summed E-state index contributed by atoms with van der Waals surface area (Å²) in [5.74, 6) is -2.58. The van der Waals surface area contributed by atoms with Crippen LogP contribution in [-0.4, -0.2) is 36.6 Å². The van der Waals surface area contributed by atoms with Gasteiger partial charge in [0.25, 0.3) is 0 Å². The number of carboxylic acid groups (broad SMARTS) is 2. The van der Waals surface area contributed by atoms with Crippen molar-refractivity contribution < 1.29 is 28.2 Å². The number of nitrogens with one attached hydrogen (secondary N) is 1. The van der Waals surface area contributed by atoms with Gasteiger partial charge in [-0.1, -0.05) is 36.4 Å². The van der Waals surface area contributed by atoms with Crippen molar-refractivity contribution in [1.29, 1.82) is 0 Å². The van der Waals surface area contributed by atoms with Crippen molar-refractivity contribution in [1.82, 2.24) is 4.72 Å². The van der Waals surface area contributed by atoms with E-state index in [4.69, 9.17) is 5.11 Å². The van der Waals surface area contributed by atoms with Crippen molar-refractivity contribution in [2.24, 2.45) is 0 Å². The van der Waals surface area contributed by atoms with E-state index in [1.54, 1.807) is 37.3 Å². The predicted octanol–water partition coefficient (Wildman–Crippen LogP) is 1.67. The summed E-state index contributed by atoms with van der Waals surface area (Å²) in [6.07, 6.45) is -0.0347. The van der Waals surface area contributed by atoms with E-state index in [2.05, 4.69) is 4.72 Å². The van der Waals surface area contributed by atoms with Gasteiger partial charge >= 0.3 is 11.9 Å². The number of aryl methyl sites for hydroxylation is 1. The number of hydrogen-bond donors (Lipinski definition) is 3. The molecule has 0 fully saturated rings. The van der Waals surface area contributed by atoms with Crippen LogP contribution in [0, 0.1) is 6.92 Å². The Labute approximate surface area is 145 Å². The summed E-state index contributed by atoms with van der Waals surface area (Å²) in [6, 6.07) is 10.9. The van der Waals surface area contributed by atoms with Gasteiger partial charge in [-0.05, 0) is 36.6 Å². The van der Waals surface area contributed by atoms with Gasteiger partial charge in [-0.2, -0.15) is 4.72 Å². The van der Waals surface area contributed by atoms with Crippen molar-refractivity contribution in [3.8, 4) is 0 Å². The van der Waals surface area contributed by atoms with Gasteiger partial charge in [-0.3, -0.25) is 4.79 Å². The molecule has 0 aliphatic rings. The molecule has 8 heteroatoms. The van der Waals surface area contributed by atoms with Gasteiger partial charge in [-0.25, -0.2) is 13.2 Å². The summed E-state index contributed by atoms with van der Waals surface area (Å²) >= 11 is 0. The molecular formula is C17H17NO6S. The van der Waals surface area contributed by atoms with E-state index in [9.17, 15) is 23.1 Å². The SMILES string of the molecule is Cc1ccc(S(=O)(=O)N[C@H](Cc2ccccc2)C(=O)O)cc1C(=O)O. The topological polar surface area (TPSA) is 121 Å². The summed E-state index contributed by atoms with van der Waals surface area (Å²) in [5, 5.41) is 18.4. The molecule has 0 aliphatic carbocycles. The highest BCUT2D eigenvalue weighted by Crippen LogP contribution is 2.17. The monoisotopic (exact) mass is 363 g/mol. The van der Waals surface area contributed by atoms with Gasteiger partial charge in [0.1, 0.15) is 6.04 Å². The Morgan fingerprint density at radius 1 is 1.08 bits per heavy atom. The zero-order valence-electron chi connectivity index (χ0n) is 13.3. The van der Waals surface area contributed by atoms with Crippen LogP contribution < -0.4 is 4.72 Å². The Balaban J connectivity index is 2.30. The summed E-state index contributed by atoms with van der Waals surface area (Å²) in [5.41, 5.74) is 0.913. The van der Waals surface area contributed by atoms with Crippen LogP contribution in [0.15, 0.2) is 53.4 Å². The third-order valence-electron chi connectivity index (χ3n) is 3.63. The van der Waals surface area contributed by atoms with E-state index in [0.717, 1.165) is 6.07 Å². The van der Waals surface area contributed by atoms with Crippen molar-refractivity contribution in [2.45, 2.75) is 24.3 Å². The quantitative estimate of drug-likeness (QED) is 0.688. The van der Waals surface area contributed by atoms with Gasteiger partial charge in [0.15, 0.2) is 0 Å². The van der Waals surface area contributed by atoms with Crippen LogP contribution in [0.5, 0.6) is 0 Å². The molecule has 0 heterocycles. The number of aromatic carboxylic acids is 1. The maximum Gasteiger partial charge on any atom is 0.335 e. The van der Waals surface area contributed by atoms with Crippen molar-refractivity contribution in [3.63, 3.8) is 0 Å². The third-order valence-corrected chi connectivity index (χ3v) is 5.10. The molecule has 132 valence electrons. The minimum Gasteiger partial charge on any atom is -0.480 e. The second kappa shape index (κ2) is 7.45. The first-order valence-electron chi connectivity index (χ1n) is 7.33. The third kappa shape index (κ3) is 4.65. The number of benzene rings is 2. The standard InChI is InChI=1S/C17H17NO6S/c1-11-7-8-13(10-14(11)16(19)20)25(23,24)18-15(17(21)22)9-12-5-3-2-4-6-12/h2-8,10,15,18H,9H2,1H3,(H,19,20)(H,21,22)/t15-/m1/s1. The minimum absolute atomic E-state index is 0.0347. The van der Waals surface area contributed by atoms with E-state index in [-0.39, 0.29) is 16.9 Å². The van der Waals surface area contributed by atoms with Crippen LogP contribution in [-0.2, 0) is 21.2 Å². The number of sulfonamides is 1. The number of rotatable bonds is 7. The molecule has 0 amide bonds. The Morgan fingerprint density at radius 3 is 2.28 bits per heavy atom. The molecule has 3 N–H and O–H groups in total. The van der Waals surface area contributed by atoms with Crippen LogP contribution >= 0.6 is 0 Å². The Kier molecular flexibility index (Phi) is 5.55. The lowest BCUT2D eigenvalue weighted by Gasteiger charge is -2.15. The predicted molar refractivity (Wildman–Crippen MR) is 90.0 cm³/mol. The van der Waals surface area contributed by atoms with Crippen LogP contribution in [0.2, 0.25) is 0 Å². The Hall–Kier alpha value is -2.71. The molecule has 0 radical (unpaired) electrons. The molecule has 7 nitrogen and oxygen atoms in total. The number of carbonyl (C=O) groups is 2. The normalized spacial score (nSPS) is 12.5. The minimum atomic E-state index is -4.19. The number of carboxylic acids is 2. The van der Waals surface area contributed by atoms with E-state index >= 15 is 0 Å². The molecule has 0 saturated heterocycles. The maximum absolute atomic E-state index is 12.5. The first-order chi connectivity index (χ1) is 11.7. The average molecular weight is 363 g/mol. The molecule has 0 aromatic heterocycles. The molecule has 2 aromatic rings. The van der Waals surface area contributed by atoms with E-state index in [0.29, 0.717) is 11.1 Å². The van der Waals surface area contributed by atoms with Crippen LogP contribution in [0.1, 0.15) is 21.5 Å². The molecule has 1 atom stereocenters. The Morgan fingerprint density at radius 2 is 1.72 bits per heavy atom. The van der Waals surface area contributed by atoms with E-state index in [1.807, 2.05) is 0 Å². The van der Waals surface area contributed by atoms with Crippen molar-refractivity contribution in [2.75, 3.05) is 0 Å². The zero-order valence-corrected chi connectivity index (χ0v) is 14.2. The van der Waals surface area contributed by atoms with E-state index < -0.39 is 28.0 Å². The van der Waals surface area contributed by atoms with Crippen molar-refractivity contribution in [3.05, 3.63) is 65.2 Å². The van der Waals surface area contributed by atoms with Gasteiger partial charge < -0.3 is 10.2 Å². The molecule has 25 heavy (non-hydrogen) atoms. The highest BCUT2D eigenvalue weighted by molar-refractivity contribution is 7.89.